The summed E-state index contributed by atoms with van der Waals surface area (Å²) >= 11 is 3.59. The topological polar surface area (TPSA) is 67.8 Å². The second kappa shape index (κ2) is 9.45. The van der Waals surface area contributed by atoms with Crippen LogP contribution in [-0.2, 0) is 6.18 Å². The van der Waals surface area contributed by atoms with Crippen LogP contribution in [0.4, 0.5) is 18.9 Å². The summed E-state index contributed by atoms with van der Waals surface area (Å²) in [6.45, 7) is 1.99. The van der Waals surface area contributed by atoms with Crippen molar-refractivity contribution in [2.75, 3.05) is 19.5 Å². The predicted octanol–water partition coefficient (Wildman–Crippen LogP) is 7.12. The Hall–Kier alpha value is -3.20. The molecule has 9 heteroatoms. The number of carboxylic acids is 1. The van der Waals surface area contributed by atoms with Crippen molar-refractivity contribution in [1.82, 2.24) is 0 Å². The molecule has 0 bridgehead atoms. The molecule has 0 spiro atoms. The maximum atomic E-state index is 13.1. The van der Waals surface area contributed by atoms with Gasteiger partial charge in [0.05, 0.1) is 37.1 Å². The van der Waals surface area contributed by atoms with Crippen LogP contribution in [0.1, 0.15) is 51.5 Å². The van der Waals surface area contributed by atoms with Crippen molar-refractivity contribution in [3.8, 4) is 11.5 Å². The molecule has 5 nitrogen and oxygen atoms in total. The van der Waals surface area contributed by atoms with Gasteiger partial charge in [-0.2, -0.15) is 13.2 Å². The quantitative estimate of drug-likeness (QED) is 0.354. The monoisotopic (exact) mass is 549 g/mol. The minimum Gasteiger partial charge on any atom is -0.493 e. The normalized spacial score (nSPS) is 19.5. The molecular formula is C26H23BrF3NO4. The molecule has 0 saturated heterocycles. The van der Waals surface area contributed by atoms with E-state index in [1.165, 1.54) is 32.4 Å². The van der Waals surface area contributed by atoms with Gasteiger partial charge in [0, 0.05) is 10.4 Å². The Balaban J connectivity index is 1.90. The third-order valence-electron chi connectivity index (χ3n) is 6.45. The molecule has 3 aromatic carbocycles. The number of anilines is 1. The minimum absolute atomic E-state index is 0.0810. The number of ether oxygens (including phenoxy) is 2. The molecule has 2 N–H and O–H groups in total. The fourth-order valence-corrected chi connectivity index (χ4v) is 5.33. The van der Waals surface area contributed by atoms with E-state index in [4.69, 9.17) is 9.47 Å². The van der Waals surface area contributed by atoms with Crippen LogP contribution in [0.2, 0.25) is 0 Å². The molecule has 35 heavy (non-hydrogen) atoms. The number of halogens is 4. The van der Waals surface area contributed by atoms with E-state index >= 15 is 0 Å². The molecule has 1 aliphatic heterocycles. The molecule has 0 unspecified atom stereocenters. The summed E-state index contributed by atoms with van der Waals surface area (Å²) in [5.74, 6) is -0.498. The number of carbonyl (C=O) groups is 1. The van der Waals surface area contributed by atoms with Gasteiger partial charge in [0.15, 0.2) is 11.5 Å². The molecule has 0 aliphatic carbocycles. The average molecular weight is 550 g/mol. The molecule has 1 heterocycles. The van der Waals surface area contributed by atoms with Crippen LogP contribution in [0.3, 0.4) is 0 Å². The zero-order valence-electron chi connectivity index (χ0n) is 19.1. The Labute approximate surface area is 209 Å². The van der Waals surface area contributed by atoms with Crippen molar-refractivity contribution < 1.29 is 32.5 Å². The van der Waals surface area contributed by atoms with Crippen LogP contribution in [0.25, 0.3) is 0 Å². The fraction of sp³-hybridized carbons (Fsp3) is 0.269. The number of nitrogens with one attached hydrogen (secondary N) is 1. The minimum atomic E-state index is -4.44. The molecule has 1 aliphatic rings. The van der Waals surface area contributed by atoms with E-state index in [9.17, 15) is 23.1 Å². The highest BCUT2D eigenvalue weighted by Crippen LogP contribution is 2.52. The first-order chi connectivity index (χ1) is 16.6. The number of carboxylic acid groups (broad SMARTS) is 1. The summed E-state index contributed by atoms with van der Waals surface area (Å²) in [5.41, 5.74) is 2.01. The van der Waals surface area contributed by atoms with Crippen LogP contribution in [0, 0.1) is 5.92 Å². The Bertz CT molecular complexity index is 1260. The van der Waals surface area contributed by atoms with Crippen LogP contribution in [0.15, 0.2) is 59.1 Å². The van der Waals surface area contributed by atoms with Gasteiger partial charge >= 0.3 is 12.1 Å². The number of aromatic carboxylic acids is 1. The Morgan fingerprint density at radius 3 is 2.17 bits per heavy atom. The second-order valence-corrected chi connectivity index (χ2v) is 9.24. The van der Waals surface area contributed by atoms with E-state index < -0.39 is 23.8 Å². The Morgan fingerprint density at radius 1 is 0.971 bits per heavy atom. The molecule has 184 valence electrons. The largest absolute Gasteiger partial charge is 0.493 e. The van der Waals surface area contributed by atoms with Gasteiger partial charge < -0.3 is 19.9 Å². The number of alkyl halides is 3. The van der Waals surface area contributed by atoms with Gasteiger partial charge in [-0.3, -0.25) is 0 Å². The highest BCUT2D eigenvalue weighted by Gasteiger charge is 2.39. The van der Waals surface area contributed by atoms with Gasteiger partial charge in [0.25, 0.3) is 0 Å². The van der Waals surface area contributed by atoms with Gasteiger partial charge in [0.2, 0.25) is 0 Å². The van der Waals surface area contributed by atoms with E-state index in [1.807, 2.05) is 19.1 Å². The number of fused-ring (bicyclic) bond motifs is 1. The summed E-state index contributed by atoms with van der Waals surface area (Å²) in [6, 6.07) is 13.2. The van der Waals surface area contributed by atoms with Crippen LogP contribution >= 0.6 is 15.9 Å². The van der Waals surface area contributed by atoms with Crippen molar-refractivity contribution in [1.29, 1.82) is 0 Å². The van der Waals surface area contributed by atoms with Gasteiger partial charge in [0.1, 0.15) is 0 Å². The Kier molecular flexibility index (Phi) is 6.73. The van der Waals surface area contributed by atoms with Crippen LogP contribution in [-0.4, -0.2) is 25.3 Å². The molecule has 0 aromatic heterocycles. The first-order valence-electron chi connectivity index (χ1n) is 10.8. The number of rotatable bonds is 5. The van der Waals surface area contributed by atoms with Gasteiger partial charge in [-0.05, 0) is 59.0 Å². The van der Waals surface area contributed by atoms with Crippen molar-refractivity contribution in [2.45, 2.75) is 25.1 Å². The lowest BCUT2D eigenvalue weighted by atomic mass is 9.72. The van der Waals surface area contributed by atoms with Gasteiger partial charge in [-0.25, -0.2) is 4.79 Å². The molecule has 0 amide bonds. The van der Waals surface area contributed by atoms with E-state index in [0.29, 0.717) is 22.7 Å². The summed E-state index contributed by atoms with van der Waals surface area (Å²) in [4.78, 5) is 12.1. The Morgan fingerprint density at radius 2 is 1.60 bits per heavy atom. The molecular weight excluding hydrogens is 527 g/mol. The summed E-state index contributed by atoms with van der Waals surface area (Å²) in [7, 11) is 3.07. The van der Waals surface area contributed by atoms with Crippen molar-refractivity contribution in [2.24, 2.45) is 5.92 Å². The SMILES string of the molecule is COc1ccc([C@H]2c3c(Br)ccc(C(=O)O)c3N[C@@H](c3ccc(C(F)(F)F)cc3)[C@H]2C)cc1OC. The third kappa shape index (κ3) is 4.57. The standard InChI is InChI=1S/C26H23BrF3NO4/c1-13-21(15-6-11-19(34-2)20(12-15)35-3)22-18(27)10-9-17(25(32)33)24(22)31-23(13)14-4-7-16(8-5-14)26(28,29)30/h4-13,21,23,31H,1-3H3,(H,32,33)/t13-,21-,23+/m0/s1. The van der Waals surface area contributed by atoms with E-state index in [2.05, 4.69) is 21.2 Å². The lowest BCUT2D eigenvalue weighted by Gasteiger charge is -2.41. The highest BCUT2D eigenvalue weighted by atomic mass is 79.9. The van der Waals surface area contributed by atoms with Crippen molar-refractivity contribution in [3.63, 3.8) is 0 Å². The third-order valence-corrected chi connectivity index (χ3v) is 7.14. The molecule has 3 aromatic rings. The maximum Gasteiger partial charge on any atom is 0.416 e. The zero-order chi connectivity index (χ0) is 25.5. The molecule has 4 rings (SSSR count). The van der Waals surface area contributed by atoms with Gasteiger partial charge in [-0.1, -0.05) is 41.1 Å². The summed E-state index contributed by atoms with van der Waals surface area (Å²) in [6.07, 6.45) is -4.44. The van der Waals surface area contributed by atoms with E-state index in [1.54, 1.807) is 12.1 Å². The number of hydrogen-bond donors (Lipinski definition) is 2. The fourth-order valence-electron chi connectivity index (χ4n) is 4.76. The van der Waals surface area contributed by atoms with Crippen molar-refractivity contribution >= 4 is 27.6 Å². The number of methoxy groups -OCH3 is 2. The highest BCUT2D eigenvalue weighted by molar-refractivity contribution is 9.10. The number of benzene rings is 3. The molecule has 0 fully saturated rings. The molecule has 3 atom stereocenters. The first kappa shape index (κ1) is 24.9. The zero-order valence-corrected chi connectivity index (χ0v) is 20.7. The molecule has 0 radical (unpaired) electrons. The summed E-state index contributed by atoms with van der Waals surface area (Å²) < 4.78 is 51.0. The van der Waals surface area contributed by atoms with Gasteiger partial charge in [-0.15, -0.1) is 0 Å². The smallest absolute Gasteiger partial charge is 0.416 e. The van der Waals surface area contributed by atoms with Crippen LogP contribution < -0.4 is 14.8 Å². The second-order valence-electron chi connectivity index (χ2n) is 8.38. The first-order valence-corrected chi connectivity index (χ1v) is 11.6. The lowest BCUT2D eigenvalue weighted by molar-refractivity contribution is -0.137. The number of hydrogen-bond acceptors (Lipinski definition) is 4. The van der Waals surface area contributed by atoms with Crippen molar-refractivity contribution in [3.05, 3.63) is 86.9 Å². The predicted molar refractivity (Wildman–Crippen MR) is 129 cm³/mol. The van der Waals surface area contributed by atoms with Crippen LogP contribution in [0.5, 0.6) is 11.5 Å². The van der Waals surface area contributed by atoms with E-state index in [-0.39, 0.29) is 17.4 Å². The molecule has 0 saturated carbocycles. The lowest BCUT2D eigenvalue weighted by Crippen LogP contribution is -2.32. The average Bonchev–Trinajstić information content (AvgIpc) is 2.83. The summed E-state index contributed by atoms with van der Waals surface area (Å²) in [5, 5.41) is 13.2. The van der Waals surface area contributed by atoms with E-state index in [0.717, 1.165) is 27.7 Å². The maximum absolute atomic E-state index is 13.1.